The van der Waals surface area contributed by atoms with E-state index in [-0.39, 0.29) is 12.2 Å². The molecule has 0 aliphatic heterocycles. The maximum atomic E-state index is 11.9. The molecule has 1 N–H and O–H groups in total. The molecular formula is C19H19NO5. The number of methoxy groups -OCH3 is 2. The van der Waals surface area contributed by atoms with E-state index in [1.54, 1.807) is 36.4 Å². The van der Waals surface area contributed by atoms with Crippen molar-refractivity contribution in [3.05, 3.63) is 72.0 Å². The lowest BCUT2D eigenvalue weighted by atomic mass is 10.0. The molecule has 0 fully saturated rings. The average Bonchev–Trinajstić information content (AvgIpc) is 2.65. The second kappa shape index (κ2) is 9.12. The Kier molecular flexibility index (Phi) is 6.59. The Morgan fingerprint density at radius 1 is 1.00 bits per heavy atom. The number of hydrogen-bond donors (Lipinski definition) is 1. The van der Waals surface area contributed by atoms with Gasteiger partial charge in [-0.25, -0.2) is 9.59 Å². The molecule has 1 amide bonds. The first kappa shape index (κ1) is 18.1. The molecule has 0 saturated heterocycles. The zero-order valence-electron chi connectivity index (χ0n) is 14.0. The number of ether oxygens (including phenoxy) is 3. The summed E-state index contributed by atoms with van der Waals surface area (Å²) in [4.78, 5) is 23.9. The Hall–Kier alpha value is -3.28. The van der Waals surface area contributed by atoms with E-state index in [9.17, 15) is 9.59 Å². The molecule has 0 bridgehead atoms. The van der Waals surface area contributed by atoms with Crippen LogP contribution in [0.25, 0.3) is 5.57 Å². The Morgan fingerprint density at radius 3 is 2.36 bits per heavy atom. The van der Waals surface area contributed by atoms with Crippen LogP contribution in [0.5, 0.6) is 0 Å². The molecule has 2 aromatic rings. The second-order valence-corrected chi connectivity index (χ2v) is 4.98. The maximum Gasteiger partial charge on any atom is 0.411 e. The molecule has 130 valence electrons. The number of para-hydroxylation sites is 1. The van der Waals surface area contributed by atoms with Crippen LogP contribution in [0.2, 0.25) is 0 Å². The lowest BCUT2D eigenvalue weighted by Gasteiger charge is -2.12. The van der Waals surface area contributed by atoms with Crippen LogP contribution in [0.4, 0.5) is 10.5 Å². The first-order valence-corrected chi connectivity index (χ1v) is 7.54. The van der Waals surface area contributed by atoms with Gasteiger partial charge in [0.2, 0.25) is 0 Å². The normalized spacial score (nSPS) is 10.7. The highest BCUT2D eigenvalue weighted by Gasteiger charge is 2.17. The molecule has 0 saturated carbocycles. The summed E-state index contributed by atoms with van der Waals surface area (Å²) in [6, 6.07) is 16.0. The van der Waals surface area contributed by atoms with Crippen molar-refractivity contribution in [2.45, 2.75) is 6.61 Å². The molecule has 0 aromatic heterocycles. The molecule has 0 atom stereocenters. The monoisotopic (exact) mass is 341 g/mol. The van der Waals surface area contributed by atoms with E-state index in [0.717, 1.165) is 0 Å². The van der Waals surface area contributed by atoms with Gasteiger partial charge in [0.1, 0.15) is 12.2 Å². The Bertz CT molecular complexity index is 755. The predicted octanol–water partition coefficient (Wildman–Crippen LogP) is 3.60. The lowest BCUT2D eigenvalue weighted by molar-refractivity contribution is -0.133. The van der Waals surface area contributed by atoms with Crippen molar-refractivity contribution in [2.24, 2.45) is 0 Å². The molecule has 25 heavy (non-hydrogen) atoms. The van der Waals surface area contributed by atoms with E-state index in [2.05, 4.69) is 5.32 Å². The van der Waals surface area contributed by atoms with Gasteiger partial charge >= 0.3 is 12.1 Å². The SMILES string of the molecule is CO/C=C(/C(=O)OC)c1ccccc1COC(=O)Nc1ccccc1. The molecule has 6 nitrogen and oxygen atoms in total. The maximum absolute atomic E-state index is 11.9. The van der Waals surface area contributed by atoms with Crippen LogP contribution in [0.15, 0.2) is 60.9 Å². The predicted molar refractivity (Wildman–Crippen MR) is 93.7 cm³/mol. The van der Waals surface area contributed by atoms with Crippen molar-refractivity contribution in [1.29, 1.82) is 0 Å². The highest BCUT2D eigenvalue weighted by Crippen LogP contribution is 2.22. The summed E-state index contributed by atoms with van der Waals surface area (Å²) in [5.41, 5.74) is 2.10. The van der Waals surface area contributed by atoms with Crippen molar-refractivity contribution >= 4 is 23.3 Å². The number of carbonyl (C=O) groups is 2. The summed E-state index contributed by atoms with van der Waals surface area (Å²) < 4.78 is 15.0. The van der Waals surface area contributed by atoms with Crippen LogP contribution < -0.4 is 5.32 Å². The largest absolute Gasteiger partial charge is 0.503 e. The van der Waals surface area contributed by atoms with Gasteiger partial charge in [-0.1, -0.05) is 42.5 Å². The third kappa shape index (κ3) is 5.10. The summed E-state index contributed by atoms with van der Waals surface area (Å²) in [6.45, 7) is -0.00705. The van der Waals surface area contributed by atoms with Crippen LogP contribution in [0, 0.1) is 0 Å². The average molecular weight is 341 g/mol. The minimum atomic E-state index is -0.587. The molecule has 0 spiro atoms. The summed E-state index contributed by atoms with van der Waals surface area (Å²) in [5.74, 6) is -0.539. The number of nitrogens with one attached hydrogen (secondary N) is 1. The van der Waals surface area contributed by atoms with Gasteiger partial charge in [0.05, 0.1) is 20.5 Å². The molecule has 2 rings (SSSR count). The van der Waals surface area contributed by atoms with Crippen molar-refractivity contribution in [1.82, 2.24) is 0 Å². The standard InChI is InChI=1S/C19H19NO5/c1-23-13-17(18(21)24-2)16-11-7-6-8-14(16)12-25-19(22)20-15-9-4-3-5-10-15/h3-11,13H,12H2,1-2H3,(H,20,22)/b17-13+. The Morgan fingerprint density at radius 2 is 1.68 bits per heavy atom. The van der Waals surface area contributed by atoms with E-state index in [0.29, 0.717) is 16.8 Å². The number of rotatable bonds is 6. The summed E-state index contributed by atoms with van der Waals surface area (Å²) in [7, 11) is 2.73. The topological polar surface area (TPSA) is 73.9 Å². The zero-order chi connectivity index (χ0) is 18.1. The smallest absolute Gasteiger partial charge is 0.411 e. The zero-order valence-corrected chi connectivity index (χ0v) is 14.0. The fourth-order valence-electron chi connectivity index (χ4n) is 2.18. The Labute approximate surface area is 146 Å². The van der Waals surface area contributed by atoms with Gasteiger partial charge in [0.25, 0.3) is 0 Å². The summed E-state index contributed by atoms with van der Waals surface area (Å²) >= 11 is 0. The van der Waals surface area contributed by atoms with Gasteiger partial charge in [-0.05, 0) is 23.3 Å². The molecule has 0 aliphatic carbocycles. The minimum absolute atomic E-state index is 0.00705. The molecule has 0 aliphatic rings. The van der Waals surface area contributed by atoms with E-state index in [1.165, 1.54) is 20.5 Å². The van der Waals surface area contributed by atoms with E-state index in [1.807, 2.05) is 18.2 Å². The van der Waals surface area contributed by atoms with Crippen LogP contribution in [0.3, 0.4) is 0 Å². The first-order valence-electron chi connectivity index (χ1n) is 7.54. The quantitative estimate of drug-likeness (QED) is 0.494. The number of hydrogen-bond acceptors (Lipinski definition) is 5. The molecule has 6 heteroatoms. The molecular weight excluding hydrogens is 322 g/mol. The lowest BCUT2D eigenvalue weighted by Crippen LogP contribution is -2.14. The van der Waals surface area contributed by atoms with Crippen molar-refractivity contribution < 1.29 is 23.8 Å². The van der Waals surface area contributed by atoms with Crippen LogP contribution in [-0.2, 0) is 25.6 Å². The number of benzene rings is 2. The number of anilines is 1. The van der Waals surface area contributed by atoms with E-state index >= 15 is 0 Å². The fraction of sp³-hybridized carbons (Fsp3) is 0.158. The van der Waals surface area contributed by atoms with Crippen molar-refractivity contribution in [2.75, 3.05) is 19.5 Å². The van der Waals surface area contributed by atoms with Crippen molar-refractivity contribution in [3.63, 3.8) is 0 Å². The van der Waals surface area contributed by atoms with Gasteiger partial charge in [-0.15, -0.1) is 0 Å². The van der Waals surface area contributed by atoms with E-state index < -0.39 is 12.1 Å². The number of amides is 1. The highest BCUT2D eigenvalue weighted by atomic mass is 16.5. The first-order chi connectivity index (χ1) is 12.2. The van der Waals surface area contributed by atoms with Gasteiger partial charge in [0.15, 0.2) is 0 Å². The fourth-order valence-corrected chi connectivity index (χ4v) is 2.18. The molecule has 0 unspecified atom stereocenters. The van der Waals surface area contributed by atoms with Crippen LogP contribution in [0.1, 0.15) is 11.1 Å². The highest BCUT2D eigenvalue weighted by molar-refractivity contribution is 6.16. The molecule has 0 radical (unpaired) electrons. The van der Waals surface area contributed by atoms with Crippen LogP contribution in [-0.4, -0.2) is 26.3 Å². The van der Waals surface area contributed by atoms with Crippen LogP contribution >= 0.6 is 0 Å². The van der Waals surface area contributed by atoms with Gasteiger partial charge < -0.3 is 14.2 Å². The van der Waals surface area contributed by atoms with E-state index in [4.69, 9.17) is 14.2 Å². The second-order valence-electron chi connectivity index (χ2n) is 4.98. The summed E-state index contributed by atoms with van der Waals surface area (Å²) in [5, 5.41) is 2.63. The van der Waals surface area contributed by atoms with Gasteiger partial charge in [-0.3, -0.25) is 5.32 Å². The molecule has 2 aromatic carbocycles. The number of carbonyl (C=O) groups excluding carboxylic acids is 2. The third-order valence-electron chi connectivity index (χ3n) is 3.33. The van der Waals surface area contributed by atoms with Gasteiger partial charge in [0, 0.05) is 5.69 Å². The molecule has 0 heterocycles. The summed E-state index contributed by atoms with van der Waals surface area (Å²) in [6.07, 6.45) is 0.714. The van der Waals surface area contributed by atoms with Crippen molar-refractivity contribution in [3.8, 4) is 0 Å². The Balaban J connectivity index is 2.11. The third-order valence-corrected chi connectivity index (χ3v) is 3.33. The number of esters is 1. The van der Waals surface area contributed by atoms with Gasteiger partial charge in [-0.2, -0.15) is 0 Å². The minimum Gasteiger partial charge on any atom is -0.503 e.